The van der Waals surface area contributed by atoms with Crippen LogP contribution in [0.3, 0.4) is 0 Å². The molecule has 142 valence electrons. The van der Waals surface area contributed by atoms with Gasteiger partial charge in [0.25, 0.3) is 0 Å². The molecule has 0 heterocycles. The quantitative estimate of drug-likeness (QED) is 0.648. The van der Waals surface area contributed by atoms with Gasteiger partial charge in [-0.3, -0.25) is 4.79 Å². The van der Waals surface area contributed by atoms with E-state index in [1.54, 1.807) is 0 Å². The summed E-state index contributed by atoms with van der Waals surface area (Å²) >= 11 is 0. The number of carbonyl (C=O) groups excluding carboxylic acids is 1. The molecule has 0 radical (unpaired) electrons. The molecule has 1 aromatic rings. The van der Waals surface area contributed by atoms with Crippen LogP contribution < -0.4 is 11.1 Å². The van der Waals surface area contributed by atoms with Gasteiger partial charge in [0, 0.05) is 19.6 Å². The molecular weight excluding hydrogens is 336 g/mol. The van der Waals surface area contributed by atoms with Gasteiger partial charge in [-0.15, -0.1) is 12.4 Å². The summed E-state index contributed by atoms with van der Waals surface area (Å²) in [5, 5.41) is 3.09. The number of nitrogens with one attached hydrogen (secondary N) is 1. The van der Waals surface area contributed by atoms with Crippen LogP contribution >= 0.6 is 12.4 Å². The summed E-state index contributed by atoms with van der Waals surface area (Å²) in [7, 11) is 0. The second-order valence-electron chi connectivity index (χ2n) is 7.04. The molecule has 1 aliphatic rings. The zero-order valence-electron chi connectivity index (χ0n) is 15.4. The highest BCUT2D eigenvalue weighted by molar-refractivity contribution is 5.85. The Bertz CT molecular complexity index is 516. The normalized spacial score (nSPS) is 16.1. The van der Waals surface area contributed by atoms with Crippen molar-refractivity contribution in [3.05, 3.63) is 35.4 Å². The number of rotatable bonds is 9. The number of amides is 1. The summed E-state index contributed by atoms with van der Waals surface area (Å²) in [6.45, 7) is 4.64. The van der Waals surface area contributed by atoms with E-state index >= 15 is 0 Å². The van der Waals surface area contributed by atoms with Gasteiger partial charge in [-0.25, -0.2) is 0 Å². The van der Waals surface area contributed by atoms with Gasteiger partial charge < -0.3 is 15.8 Å². The Morgan fingerprint density at radius 1 is 1.20 bits per heavy atom. The van der Waals surface area contributed by atoms with Crippen molar-refractivity contribution in [1.29, 1.82) is 0 Å². The maximum absolute atomic E-state index is 12.4. The average molecular weight is 369 g/mol. The van der Waals surface area contributed by atoms with E-state index in [4.69, 9.17) is 10.5 Å². The monoisotopic (exact) mass is 368 g/mol. The van der Waals surface area contributed by atoms with Crippen LogP contribution in [0.5, 0.6) is 0 Å². The maximum atomic E-state index is 12.4. The van der Waals surface area contributed by atoms with Crippen molar-refractivity contribution in [2.45, 2.75) is 65.0 Å². The first kappa shape index (κ1) is 21.9. The van der Waals surface area contributed by atoms with Crippen LogP contribution in [0, 0.1) is 5.41 Å². The Morgan fingerprint density at radius 3 is 2.52 bits per heavy atom. The Balaban J connectivity index is 0.00000312. The predicted molar refractivity (Wildman–Crippen MR) is 105 cm³/mol. The van der Waals surface area contributed by atoms with Gasteiger partial charge in [0.2, 0.25) is 5.91 Å². The summed E-state index contributed by atoms with van der Waals surface area (Å²) in [4.78, 5) is 12.4. The van der Waals surface area contributed by atoms with Crippen LogP contribution in [0.2, 0.25) is 0 Å². The van der Waals surface area contributed by atoms with Crippen LogP contribution in [0.1, 0.15) is 63.0 Å². The highest BCUT2D eigenvalue weighted by atomic mass is 35.5. The molecule has 0 unspecified atom stereocenters. The fourth-order valence-corrected chi connectivity index (χ4v) is 3.55. The first-order chi connectivity index (χ1) is 11.7. The van der Waals surface area contributed by atoms with E-state index in [0.717, 1.165) is 37.0 Å². The molecule has 0 atom stereocenters. The van der Waals surface area contributed by atoms with Crippen molar-refractivity contribution in [3.63, 3.8) is 0 Å². The van der Waals surface area contributed by atoms with Crippen LogP contribution in [0.4, 0.5) is 0 Å². The Labute approximate surface area is 158 Å². The minimum Gasteiger partial charge on any atom is -0.377 e. The molecule has 0 saturated heterocycles. The number of benzene rings is 1. The number of nitrogens with two attached hydrogens (primary N) is 1. The van der Waals surface area contributed by atoms with Crippen molar-refractivity contribution in [3.8, 4) is 0 Å². The largest absolute Gasteiger partial charge is 0.377 e. The van der Waals surface area contributed by atoms with Crippen LogP contribution in [-0.4, -0.2) is 19.1 Å². The Kier molecular flexibility index (Phi) is 10.1. The number of carbonyl (C=O) groups is 1. The summed E-state index contributed by atoms with van der Waals surface area (Å²) in [6.07, 6.45) is 7.40. The second-order valence-corrected chi connectivity index (χ2v) is 7.04. The maximum Gasteiger partial charge on any atom is 0.220 e. The molecule has 5 heteroatoms. The third kappa shape index (κ3) is 6.96. The lowest BCUT2D eigenvalue weighted by Crippen LogP contribution is -2.38. The van der Waals surface area contributed by atoms with E-state index in [1.807, 2.05) is 12.1 Å². The van der Waals surface area contributed by atoms with E-state index in [-0.39, 0.29) is 23.7 Å². The van der Waals surface area contributed by atoms with E-state index in [2.05, 4.69) is 24.4 Å². The highest BCUT2D eigenvalue weighted by Crippen LogP contribution is 2.38. The molecule has 0 aliphatic heterocycles. The van der Waals surface area contributed by atoms with Crippen LogP contribution in [0.15, 0.2) is 24.3 Å². The smallest absolute Gasteiger partial charge is 0.220 e. The number of ether oxygens (including phenoxy) is 1. The van der Waals surface area contributed by atoms with Gasteiger partial charge >= 0.3 is 0 Å². The molecular formula is C20H33ClN2O2. The van der Waals surface area contributed by atoms with Crippen molar-refractivity contribution >= 4 is 18.3 Å². The Hall–Kier alpha value is -1.10. The van der Waals surface area contributed by atoms with Crippen molar-refractivity contribution < 1.29 is 9.53 Å². The first-order valence-corrected chi connectivity index (χ1v) is 9.30. The van der Waals surface area contributed by atoms with Gasteiger partial charge in [-0.2, -0.15) is 0 Å². The molecule has 0 bridgehead atoms. The van der Waals surface area contributed by atoms with E-state index in [0.29, 0.717) is 26.1 Å². The van der Waals surface area contributed by atoms with E-state index < -0.39 is 0 Å². The molecule has 1 aliphatic carbocycles. The minimum atomic E-state index is 0. The minimum absolute atomic E-state index is 0. The first-order valence-electron chi connectivity index (χ1n) is 9.30. The van der Waals surface area contributed by atoms with Crippen molar-refractivity contribution in [1.82, 2.24) is 5.32 Å². The van der Waals surface area contributed by atoms with Gasteiger partial charge in [0.15, 0.2) is 0 Å². The van der Waals surface area contributed by atoms with Crippen molar-refractivity contribution in [2.75, 3.05) is 13.2 Å². The van der Waals surface area contributed by atoms with Gasteiger partial charge in [-0.05, 0) is 42.3 Å². The average Bonchev–Trinajstić information content (AvgIpc) is 2.62. The molecule has 3 N–H and O–H groups in total. The number of hydrogen-bond acceptors (Lipinski definition) is 3. The molecule has 4 nitrogen and oxygen atoms in total. The van der Waals surface area contributed by atoms with Gasteiger partial charge in [0.05, 0.1) is 6.61 Å². The number of halogens is 1. The molecule has 1 aromatic carbocycles. The highest BCUT2D eigenvalue weighted by Gasteiger charge is 2.32. The lowest BCUT2D eigenvalue weighted by atomic mass is 9.71. The molecule has 2 rings (SSSR count). The van der Waals surface area contributed by atoms with Gasteiger partial charge in [0.1, 0.15) is 0 Å². The fraction of sp³-hybridized carbons (Fsp3) is 0.650. The third-order valence-corrected chi connectivity index (χ3v) is 5.08. The topological polar surface area (TPSA) is 64.3 Å². The molecule has 1 saturated carbocycles. The third-order valence-electron chi connectivity index (χ3n) is 5.08. The lowest BCUT2D eigenvalue weighted by Gasteiger charge is -2.35. The summed E-state index contributed by atoms with van der Waals surface area (Å²) in [6, 6.07) is 8.15. The molecule has 0 spiro atoms. The molecule has 1 amide bonds. The summed E-state index contributed by atoms with van der Waals surface area (Å²) < 4.78 is 5.64. The van der Waals surface area contributed by atoms with Gasteiger partial charge in [-0.1, -0.05) is 50.5 Å². The predicted octanol–water partition coefficient (Wildman–Crippen LogP) is 3.95. The Morgan fingerprint density at radius 2 is 1.88 bits per heavy atom. The van der Waals surface area contributed by atoms with E-state index in [1.165, 1.54) is 19.3 Å². The molecule has 25 heavy (non-hydrogen) atoms. The lowest BCUT2D eigenvalue weighted by molar-refractivity contribution is -0.124. The summed E-state index contributed by atoms with van der Waals surface area (Å²) in [5.41, 5.74) is 8.29. The van der Waals surface area contributed by atoms with E-state index in [9.17, 15) is 4.79 Å². The molecule has 1 fully saturated rings. The second kappa shape index (κ2) is 11.5. The zero-order valence-corrected chi connectivity index (χ0v) is 16.2. The zero-order chi connectivity index (χ0) is 17.3. The standard InChI is InChI=1S/C20H32N2O2.ClH/c1-2-12-24-15-18-9-5-4-8-17(18)14-22-19(23)13-20(16-21)10-6-3-7-11-20;/h4-5,8-9H,2-3,6-7,10-16,21H2,1H3,(H,22,23);1H. The van der Waals surface area contributed by atoms with Crippen LogP contribution in [0.25, 0.3) is 0 Å². The van der Waals surface area contributed by atoms with Crippen LogP contribution in [-0.2, 0) is 22.7 Å². The summed E-state index contributed by atoms with van der Waals surface area (Å²) in [5.74, 6) is 0.117. The van der Waals surface area contributed by atoms with Crippen molar-refractivity contribution in [2.24, 2.45) is 11.1 Å². The molecule has 0 aromatic heterocycles. The SMILES string of the molecule is CCCOCc1ccccc1CNC(=O)CC1(CN)CCCCC1.Cl. The fourth-order valence-electron chi connectivity index (χ4n) is 3.55. The number of hydrogen-bond donors (Lipinski definition) is 2.